The van der Waals surface area contributed by atoms with E-state index in [2.05, 4.69) is 4.74 Å². The number of alkyl halides is 3. The van der Waals surface area contributed by atoms with Gasteiger partial charge >= 0.3 is 6.36 Å². The number of rotatable bonds is 5. The van der Waals surface area contributed by atoms with Crippen LogP contribution in [0, 0.1) is 10.1 Å². The number of nitrogens with zero attached hydrogens (tertiary/aromatic N) is 2. The molecule has 3 aromatic carbocycles. The van der Waals surface area contributed by atoms with Gasteiger partial charge in [-0.15, -0.1) is 13.2 Å². The summed E-state index contributed by atoms with van der Waals surface area (Å²) in [4.78, 5) is 37.4. The molecule has 1 heterocycles. The summed E-state index contributed by atoms with van der Waals surface area (Å²) in [7, 11) is 0. The Kier molecular flexibility index (Phi) is 6.00. The van der Waals surface area contributed by atoms with Crippen LogP contribution >= 0.6 is 0 Å². The number of amides is 1. The molecule has 1 fully saturated rings. The van der Waals surface area contributed by atoms with Gasteiger partial charge in [-0.1, -0.05) is 30.3 Å². The summed E-state index contributed by atoms with van der Waals surface area (Å²) >= 11 is 0. The molecular weight excluding hydrogens is 469 g/mol. The van der Waals surface area contributed by atoms with Gasteiger partial charge in [0.25, 0.3) is 17.4 Å². The highest BCUT2D eigenvalue weighted by molar-refractivity contribution is 6.51. The summed E-state index contributed by atoms with van der Waals surface area (Å²) in [6, 6.07) is 16.3. The van der Waals surface area contributed by atoms with E-state index in [1.165, 1.54) is 24.3 Å². The molecule has 1 unspecified atom stereocenters. The number of Topliss-reactive ketones (excluding diaryl/α,β-unsaturated/α-hetero) is 1. The molecular formula is C24H15F3N2O6. The number of nitro groups is 1. The minimum atomic E-state index is -4.90. The zero-order valence-corrected chi connectivity index (χ0v) is 17.6. The normalized spacial score (nSPS) is 17.5. The van der Waals surface area contributed by atoms with Crippen LogP contribution in [0.2, 0.25) is 0 Å². The zero-order chi connectivity index (χ0) is 25.3. The average molecular weight is 484 g/mol. The first-order valence-corrected chi connectivity index (χ1v) is 10.0. The molecule has 0 spiro atoms. The first kappa shape index (κ1) is 23.5. The second-order valence-electron chi connectivity index (χ2n) is 7.43. The van der Waals surface area contributed by atoms with E-state index in [4.69, 9.17) is 0 Å². The molecule has 0 saturated carbocycles. The highest BCUT2D eigenvalue weighted by Crippen LogP contribution is 2.42. The summed E-state index contributed by atoms with van der Waals surface area (Å²) in [6.45, 7) is 0. The highest BCUT2D eigenvalue weighted by atomic mass is 19.4. The number of hydrogen-bond acceptors (Lipinski definition) is 6. The third-order valence-corrected chi connectivity index (χ3v) is 5.26. The highest BCUT2D eigenvalue weighted by Gasteiger charge is 2.47. The van der Waals surface area contributed by atoms with Gasteiger partial charge in [0.15, 0.2) is 0 Å². The van der Waals surface area contributed by atoms with Crippen LogP contribution in [0.1, 0.15) is 17.2 Å². The molecule has 1 amide bonds. The number of aliphatic hydroxyl groups is 1. The first-order valence-electron chi connectivity index (χ1n) is 10.0. The van der Waals surface area contributed by atoms with E-state index >= 15 is 0 Å². The van der Waals surface area contributed by atoms with Crippen molar-refractivity contribution in [3.8, 4) is 5.75 Å². The molecule has 1 saturated heterocycles. The number of carbonyl (C=O) groups is 2. The molecule has 35 heavy (non-hydrogen) atoms. The molecule has 8 nitrogen and oxygen atoms in total. The first-order chi connectivity index (χ1) is 16.6. The van der Waals surface area contributed by atoms with E-state index in [9.17, 15) is 38.0 Å². The number of hydrogen-bond donors (Lipinski definition) is 1. The van der Waals surface area contributed by atoms with Gasteiger partial charge in [0.05, 0.1) is 16.5 Å². The molecule has 0 radical (unpaired) electrons. The molecule has 0 aliphatic carbocycles. The molecule has 1 atom stereocenters. The molecule has 1 aliphatic rings. The van der Waals surface area contributed by atoms with Crippen LogP contribution in [-0.2, 0) is 9.59 Å². The smallest absolute Gasteiger partial charge is 0.507 e. The van der Waals surface area contributed by atoms with Crippen molar-refractivity contribution in [3.63, 3.8) is 0 Å². The van der Waals surface area contributed by atoms with Gasteiger partial charge in [0, 0.05) is 23.4 Å². The largest absolute Gasteiger partial charge is 0.573 e. The number of anilines is 1. The van der Waals surface area contributed by atoms with Crippen molar-refractivity contribution in [2.45, 2.75) is 12.4 Å². The Balaban J connectivity index is 1.82. The number of nitro benzene ring substituents is 1. The molecule has 1 N–H and O–H groups in total. The lowest BCUT2D eigenvalue weighted by atomic mass is 9.95. The number of ether oxygens (including phenoxy) is 1. The molecule has 0 aromatic heterocycles. The van der Waals surface area contributed by atoms with E-state index in [-0.39, 0.29) is 22.5 Å². The number of non-ortho nitro benzene ring substituents is 1. The van der Waals surface area contributed by atoms with Crippen molar-refractivity contribution in [2.24, 2.45) is 0 Å². The van der Waals surface area contributed by atoms with Gasteiger partial charge in [0.2, 0.25) is 0 Å². The fourth-order valence-electron chi connectivity index (χ4n) is 3.75. The predicted molar refractivity (Wildman–Crippen MR) is 117 cm³/mol. The number of carbonyl (C=O) groups excluding carboxylic acids is 2. The topological polar surface area (TPSA) is 110 Å². The van der Waals surface area contributed by atoms with Gasteiger partial charge in [0.1, 0.15) is 11.5 Å². The van der Waals surface area contributed by atoms with E-state index in [1.807, 2.05) is 0 Å². The Morgan fingerprint density at radius 1 is 0.943 bits per heavy atom. The van der Waals surface area contributed by atoms with Crippen molar-refractivity contribution in [2.75, 3.05) is 4.90 Å². The minimum Gasteiger partial charge on any atom is -0.507 e. The van der Waals surface area contributed by atoms with Crippen LogP contribution in [0.3, 0.4) is 0 Å². The van der Waals surface area contributed by atoms with Crippen LogP contribution in [0.5, 0.6) is 5.75 Å². The van der Waals surface area contributed by atoms with E-state index in [0.29, 0.717) is 5.56 Å². The van der Waals surface area contributed by atoms with Crippen molar-refractivity contribution >= 4 is 28.8 Å². The summed E-state index contributed by atoms with van der Waals surface area (Å²) in [6.07, 6.45) is -4.90. The van der Waals surface area contributed by atoms with Gasteiger partial charge in [-0.3, -0.25) is 24.6 Å². The minimum absolute atomic E-state index is 0.0726. The SMILES string of the molecule is O=C1C(=O)N(c2ccc(OC(F)(F)F)cc2)C(c2ccccc2)/C1=C(/O)c1ccc([N+](=O)[O-])cc1. The van der Waals surface area contributed by atoms with Crippen LogP contribution in [0.25, 0.3) is 5.76 Å². The molecule has 0 bridgehead atoms. The molecule has 1 aliphatic heterocycles. The summed E-state index contributed by atoms with van der Waals surface area (Å²) < 4.78 is 41.4. The fraction of sp³-hybridized carbons (Fsp3) is 0.0833. The average Bonchev–Trinajstić information content (AvgIpc) is 3.09. The third kappa shape index (κ3) is 4.69. The van der Waals surface area contributed by atoms with Crippen molar-refractivity contribution < 1.29 is 37.5 Å². The third-order valence-electron chi connectivity index (χ3n) is 5.26. The summed E-state index contributed by atoms with van der Waals surface area (Å²) in [5, 5.41) is 21.9. The lowest BCUT2D eigenvalue weighted by Crippen LogP contribution is -2.29. The molecule has 178 valence electrons. The maximum atomic E-state index is 13.0. The molecule has 3 aromatic rings. The van der Waals surface area contributed by atoms with Gasteiger partial charge in [-0.2, -0.15) is 0 Å². The van der Waals surface area contributed by atoms with Gasteiger partial charge < -0.3 is 9.84 Å². The van der Waals surface area contributed by atoms with Crippen LogP contribution in [0.15, 0.2) is 84.4 Å². The Labute approximate surface area is 195 Å². The maximum absolute atomic E-state index is 13.0. The standard InChI is InChI=1S/C24H15F3N2O6/c25-24(26,27)35-18-12-10-16(11-13-18)28-20(14-4-2-1-3-5-14)19(22(31)23(28)32)21(30)15-6-8-17(9-7-15)29(33)34/h1-13,20,30H/b21-19-. The van der Waals surface area contributed by atoms with Crippen LogP contribution in [-0.4, -0.2) is 28.1 Å². The number of aliphatic hydroxyl groups excluding tert-OH is 1. The maximum Gasteiger partial charge on any atom is 0.573 e. The van der Waals surface area contributed by atoms with Crippen molar-refractivity contribution in [3.05, 3.63) is 106 Å². The fourth-order valence-corrected chi connectivity index (χ4v) is 3.75. The van der Waals surface area contributed by atoms with Crippen LogP contribution in [0.4, 0.5) is 24.5 Å². The lowest BCUT2D eigenvalue weighted by Gasteiger charge is -2.25. The van der Waals surface area contributed by atoms with Crippen molar-refractivity contribution in [1.29, 1.82) is 0 Å². The predicted octanol–water partition coefficient (Wildman–Crippen LogP) is 5.12. The Morgan fingerprint density at radius 3 is 2.09 bits per heavy atom. The van der Waals surface area contributed by atoms with Gasteiger partial charge in [-0.25, -0.2) is 0 Å². The summed E-state index contributed by atoms with van der Waals surface area (Å²) in [5.41, 5.74) is 0.112. The number of benzene rings is 3. The lowest BCUT2D eigenvalue weighted by molar-refractivity contribution is -0.384. The molecule has 11 heteroatoms. The van der Waals surface area contributed by atoms with E-state index in [0.717, 1.165) is 29.2 Å². The second-order valence-corrected chi connectivity index (χ2v) is 7.43. The Hall–Kier alpha value is -4.67. The Morgan fingerprint density at radius 2 is 1.54 bits per heavy atom. The second kappa shape index (κ2) is 8.93. The number of ketones is 1. The molecule has 4 rings (SSSR count). The van der Waals surface area contributed by atoms with Crippen molar-refractivity contribution in [1.82, 2.24) is 0 Å². The Bertz CT molecular complexity index is 1320. The zero-order valence-electron chi connectivity index (χ0n) is 17.6. The quantitative estimate of drug-likeness (QED) is 0.177. The van der Waals surface area contributed by atoms with E-state index in [1.54, 1.807) is 30.3 Å². The number of halogens is 3. The van der Waals surface area contributed by atoms with Crippen LogP contribution < -0.4 is 9.64 Å². The van der Waals surface area contributed by atoms with E-state index < -0.39 is 40.5 Å². The van der Waals surface area contributed by atoms with Gasteiger partial charge in [-0.05, 0) is 42.0 Å². The summed E-state index contributed by atoms with van der Waals surface area (Å²) in [5.74, 6) is -3.09. The monoisotopic (exact) mass is 484 g/mol.